The Morgan fingerprint density at radius 2 is 1.74 bits per heavy atom. The molecule has 4 fully saturated rings. The smallest absolute Gasteiger partial charge is 0.171 e. The molecule has 1 heterocycles. The Hall–Kier alpha value is -1.69. The maximum absolute atomic E-state index is 13.8. The highest BCUT2D eigenvalue weighted by Gasteiger charge is 2.62. The Labute approximate surface area is 229 Å². The van der Waals surface area contributed by atoms with Gasteiger partial charge in [0.1, 0.15) is 5.78 Å². The number of Topliss-reactive ketones (excluding diaryl/α,β-unsaturated/α-hetero) is 1. The molecule has 0 unspecified atom stereocenters. The molecule has 1 N–H and O–H groups in total. The number of benzene rings is 1. The third-order valence-corrected chi connectivity index (χ3v) is 11.0. The van der Waals surface area contributed by atoms with Crippen molar-refractivity contribution in [1.29, 1.82) is 0 Å². The normalized spacial score (nSPS) is 39.5. The van der Waals surface area contributed by atoms with Gasteiger partial charge in [-0.1, -0.05) is 45.4 Å². The van der Waals surface area contributed by atoms with Crippen molar-refractivity contribution >= 4 is 11.5 Å². The molecule has 6 atom stereocenters. The fourth-order valence-corrected chi connectivity index (χ4v) is 8.86. The van der Waals surface area contributed by atoms with Crippen molar-refractivity contribution in [1.82, 2.24) is 0 Å². The molecule has 5 nitrogen and oxygen atoms in total. The number of ether oxygens (including phenoxy) is 2. The van der Waals surface area contributed by atoms with Crippen LogP contribution in [0, 0.1) is 28.6 Å². The van der Waals surface area contributed by atoms with E-state index < -0.39 is 11.4 Å². The third kappa shape index (κ3) is 4.02. The lowest BCUT2D eigenvalue weighted by atomic mass is 9.51. The number of fused-ring (bicyclic) bond motifs is 4. The van der Waals surface area contributed by atoms with Crippen LogP contribution in [0.1, 0.15) is 90.5 Å². The first-order chi connectivity index (χ1) is 17.9. The summed E-state index contributed by atoms with van der Waals surface area (Å²) in [6.07, 6.45) is 6.58. The van der Waals surface area contributed by atoms with Crippen molar-refractivity contribution in [3.05, 3.63) is 41.0 Å². The standard InChI is InChI=1S/C33H47NO4/c1-7-21-16-27-24-12-14-32(36)18-33(37-19-30(2,3)20-38-33)15-13-26(32)28(24)25(17-31(27,4)29(21)35)22-8-10-23(11-9-22)34(5)6/h8-11,21,24-25,27,36H,7,12-20H2,1-6H3/t21-,24-,25+,27-,31+,32+/m0/s1. The summed E-state index contributed by atoms with van der Waals surface area (Å²) in [7, 11) is 4.14. The van der Waals surface area contributed by atoms with Gasteiger partial charge in [-0.2, -0.15) is 0 Å². The number of hydrogen-bond donors (Lipinski definition) is 1. The molecule has 1 aromatic rings. The summed E-state index contributed by atoms with van der Waals surface area (Å²) in [5.74, 6) is 0.893. The lowest BCUT2D eigenvalue weighted by Crippen LogP contribution is -2.57. The van der Waals surface area contributed by atoms with E-state index in [1.54, 1.807) is 0 Å². The van der Waals surface area contributed by atoms with Crippen LogP contribution in [0.5, 0.6) is 0 Å². The lowest BCUT2D eigenvalue weighted by molar-refractivity contribution is -0.322. The molecule has 3 saturated carbocycles. The van der Waals surface area contributed by atoms with E-state index in [1.807, 2.05) is 0 Å². The summed E-state index contributed by atoms with van der Waals surface area (Å²) in [6.45, 7) is 10.1. The van der Waals surface area contributed by atoms with Crippen LogP contribution in [0.2, 0.25) is 0 Å². The minimum Gasteiger partial charge on any atom is -0.385 e. The molecule has 0 radical (unpaired) electrons. The number of carbonyl (C=O) groups is 1. The first-order valence-electron chi connectivity index (χ1n) is 15.0. The molecule has 1 saturated heterocycles. The highest BCUT2D eigenvalue weighted by molar-refractivity contribution is 5.90. The zero-order valence-corrected chi connectivity index (χ0v) is 24.3. The predicted octanol–water partition coefficient (Wildman–Crippen LogP) is 6.25. The second-order valence-electron chi connectivity index (χ2n) is 14.4. The first-order valence-corrected chi connectivity index (χ1v) is 15.0. The van der Waals surface area contributed by atoms with Gasteiger partial charge in [-0.05, 0) is 73.6 Å². The van der Waals surface area contributed by atoms with Gasteiger partial charge in [0.05, 0.1) is 18.8 Å². The van der Waals surface area contributed by atoms with Gasteiger partial charge < -0.3 is 19.5 Å². The number of anilines is 1. The van der Waals surface area contributed by atoms with Crippen LogP contribution >= 0.6 is 0 Å². The first kappa shape index (κ1) is 26.5. The zero-order valence-electron chi connectivity index (χ0n) is 24.3. The SMILES string of the molecule is CC[C@H]1C[C@H]2[C@@H]3CC[C@@]4(O)CC5(CCC4=C3[C@@H](c3ccc(N(C)C)cc3)C[C@@]2(C)C1=O)OCC(C)(C)CO5. The van der Waals surface area contributed by atoms with Crippen molar-refractivity contribution in [2.75, 3.05) is 32.2 Å². The molecule has 5 heteroatoms. The second-order valence-corrected chi connectivity index (χ2v) is 14.4. The summed E-state index contributed by atoms with van der Waals surface area (Å²) in [4.78, 5) is 15.9. The molecule has 6 rings (SSSR count). The van der Waals surface area contributed by atoms with E-state index in [1.165, 1.54) is 22.4 Å². The second kappa shape index (κ2) is 8.91. The van der Waals surface area contributed by atoms with E-state index in [4.69, 9.17) is 9.47 Å². The summed E-state index contributed by atoms with van der Waals surface area (Å²) in [5.41, 5.74) is 3.99. The van der Waals surface area contributed by atoms with Gasteiger partial charge in [-0.3, -0.25) is 4.79 Å². The van der Waals surface area contributed by atoms with Gasteiger partial charge in [0.2, 0.25) is 0 Å². The lowest BCUT2D eigenvalue weighted by Gasteiger charge is -2.56. The highest BCUT2D eigenvalue weighted by atomic mass is 16.7. The van der Waals surface area contributed by atoms with Crippen LogP contribution in [0.4, 0.5) is 5.69 Å². The fourth-order valence-electron chi connectivity index (χ4n) is 8.86. The van der Waals surface area contributed by atoms with Crippen molar-refractivity contribution in [3.8, 4) is 0 Å². The van der Waals surface area contributed by atoms with Crippen LogP contribution in [-0.2, 0) is 14.3 Å². The predicted molar refractivity (Wildman–Crippen MR) is 150 cm³/mol. The molecular formula is C33H47NO4. The average molecular weight is 522 g/mol. The number of nitrogens with zero attached hydrogens (tertiary/aromatic N) is 1. The van der Waals surface area contributed by atoms with E-state index in [-0.39, 0.29) is 22.7 Å². The molecule has 1 aliphatic heterocycles. The Bertz CT molecular complexity index is 1130. The number of aliphatic hydroxyl groups is 1. The van der Waals surface area contributed by atoms with Crippen LogP contribution in [0.3, 0.4) is 0 Å². The maximum Gasteiger partial charge on any atom is 0.171 e. The van der Waals surface area contributed by atoms with Crippen LogP contribution in [0.15, 0.2) is 35.4 Å². The number of carbonyl (C=O) groups excluding carboxylic acids is 1. The summed E-state index contributed by atoms with van der Waals surface area (Å²) < 4.78 is 12.8. The number of hydrogen-bond acceptors (Lipinski definition) is 5. The van der Waals surface area contributed by atoms with Gasteiger partial charge in [0.25, 0.3) is 0 Å². The van der Waals surface area contributed by atoms with E-state index >= 15 is 0 Å². The average Bonchev–Trinajstić information content (AvgIpc) is 3.15. The molecule has 1 aromatic carbocycles. The minimum atomic E-state index is -0.895. The minimum absolute atomic E-state index is 0.00669. The van der Waals surface area contributed by atoms with E-state index in [2.05, 4.69) is 71.0 Å². The summed E-state index contributed by atoms with van der Waals surface area (Å²) in [5, 5.41) is 12.3. The van der Waals surface area contributed by atoms with E-state index in [0.29, 0.717) is 37.3 Å². The van der Waals surface area contributed by atoms with Crippen molar-refractivity contribution in [2.24, 2.45) is 28.6 Å². The van der Waals surface area contributed by atoms with Gasteiger partial charge in [0, 0.05) is 55.3 Å². The largest absolute Gasteiger partial charge is 0.385 e. The highest BCUT2D eigenvalue weighted by Crippen LogP contribution is 2.65. The van der Waals surface area contributed by atoms with Crippen molar-refractivity contribution in [2.45, 2.75) is 96.4 Å². The molecule has 4 aliphatic carbocycles. The van der Waals surface area contributed by atoms with Gasteiger partial charge in [-0.15, -0.1) is 0 Å². The molecule has 38 heavy (non-hydrogen) atoms. The topological polar surface area (TPSA) is 59.0 Å². The quantitative estimate of drug-likeness (QED) is 0.476. The number of ketones is 1. The Morgan fingerprint density at radius 3 is 2.37 bits per heavy atom. The van der Waals surface area contributed by atoms with Crippen LogP contribution in [-0.4, -0.2) is 49.6 Å². The monoisotopic (exact) mass is 521 g/mol. The van der Waals surface area contributed by atoms with Crippen molar-refractivity contribution < 1.29 is 19.4 Å². The van der Waals surface area contributed by atoms with E-state index in [0.717, 1.165) is 44.9 Å². The molecular weight excluding hydrogens is 474 g/mol. The molecule has 1 spiro atoms. The molecule has 5 aliphatic rings. The zero-order chi connectivity index (χ0) is 27.1. The Morgan fingerprint density at radius 1 is 1.05 bits per heavy atom. The molecule has 208 valence electrons. The molecule has 0 bridgehead atoms. The Kier molecular flexibility index (Phi) is 6.22. The summed E-state index contributed by atoms with van der Waals surface area (Å²) in [6, 6.07) is 8.92. The van der Waals surface area contributed by atoms with E-state index in [9.17, 15) is 9.90 Å². The van der Waals surface area contributed by atoms with Gasteiger partial charge in [0.15, 0.2) is 5.79 Å². The summed E-state index contributed by atoms with van der Waals surface area (Å²) >= 11 is 0. The number of rotatable bonds is 3. The maximum atomic E-state index is 13.8. The van der Waals surface area contributed by atoms with Gasteiger partial charge >= 0.3 is 0 Å². The van der Waals surface area contributed by atoms with Gasteiger partial charge in [-0.25, -0.2) is 0 Å². The number of allylic oxidation sites excluding steroid dienone is 1. The Balaban J connectivity index is 1.42. The van der Waals surface area contributed by atoms with Crippen molar-refractivity contribution in [3.63, 3.8) is 0 Å². The fraction of sp³-hybridized carbons (Fsp3) is 0.727. The molecule has 0 aromatic heterocycles. The van der Waals surface area contributed by atoms with Crippen LogP contribution < -0.4 is 4.90 Å². The van der Waals surface area contributed by atoms with Crippen LogP contribution in [0.25, 0.3) is 0 Å². The molecule has 0 amide bonds. The third-order valence-electron chi connectivity index (χ3n) is 11.0.